The number of nitrogens with zero attached hydrogens (tertiary/aromatic N) is 1. The first-order chi connectivity index (χ1) is 8.32. The molecule has 8 heteroatoms. The number of hydrogen-bond acceptors (Lipinski definition) is 4. The number of aliphatic carboxylic acids is 1. The monoisotopic (exact) mass is 256 g/mol. The first kappa shape index (κ1) is 14.0. The van der Waals surface area contributed by atoms with Gasteiger partial charge in [0.05, 0.1) is 23.2 Å². The fraction of sp³-hybridized carbons (Fsp3) is 0.500. The highest BCUT2D eigenvalue weighted by atomic mass is 16.4. The number of aliphatic hydroxyl groups is 1. The number of H-pyrrole nitrogens is 1. The minimum atomic E-state index is -1.36. The summed E-state index contributed by atoms with van der Waals surface area (Å²) in [5.74, 6) is -1.30. The van der Waals surface area contributed by atoms with Crippen LogP contribution in [0, 0.1) is 13.8 Å². The third kappa shape index (κ3) is 3.20. The highest BCUT2D eigenvalue weighted by molar-refractivity contribution is 5.93. The molecule has 1 aromatic rings. The van der Waals surface area contributed by atoms with Crippen LogP contribution in [0.2, 0.25) is 0 Å². The molecular weight excluding hydrogens is 240 g/mol. The van der Waals surface area contributed by atoms with Gasteiger partial charge < -0.3 is 20.8 Å². The van der Waals surface area contributed by atoms with Gasteiger partial charge in [0.1, 0.15) is 0 Å². The Morgan fingerprint density at radius 2 is 2.00 bits per heavy atom. The van der Waals surface area contributed by atoms with Crippen LogP contribution in [0.5, 0.6) is 0 Å². The maximum atomic E-state index is 11.6. The minimum absolute atomic E-state index is 0.488. The fourth-order valence-corrected chi connectivity index (χ4v) is 1.41. The molecule has 0 unspecified atom stereocenters. The largest absolute Gasteiger partial charge is 0.480 e. The Labute approximate surface area is 103 Å². The van der Waals surface area contributed by atoms with E-state index in [0.717, 1.165) is 0 Å². The molecule has 0 aliphatic rings. The van der Waals surface area contributed by atoms with Crippen molar-refractivity contribution in [2.75, 3.05) is 5.32 Å². The molecule has 0 aromatic carbocycles. The third-order valence-corrected chi connectivity index (χ3v) is 2.40. The average molecular weight is 256 g/mol. The van der Waals surface area contributed by atoms with Crippen LogP contribution in [0.4, 0.5) is 10.5 Å². The highest BCUT2D eigenvalue weighted by Gasteiger charge is 2.25. The number of urea groups is 1. The summed E-state index contributed by atoms with van der Waals surface area (Å²) in [5, 5.41) is 29.2. The van der Waals surface area contributed by atoms with Gasteiger partial charge in [-0.05, 0) is 20.8 Å². The van der Waals surface area contributed by atoms with Gasteiger partial charge in [-0.2, -0.15) is 5.10 Å². The highest BCUT2D eigenvalue weighted by Crippen LogP contribution is 2.15. The molecule has 0 bridgehead atoms. The van der Waals surface area contributed by atoms with E-state index in [-0.39, 0.29) is 0 Å². The van der Waals surface area contributed by atoms with E-state index < -0.39 is 24.1 Å². The van der Waals surface area contributed by atoms with E-state index in [9.17, 15) is 14.7 Å². The van der Waals surface area contributed by atoms with Crippen LogP contribution in [0.15, 0.2) is 0 Å². The van der Waals surface area contributed by atoms with Crippen molar-refractivity contribution in [1.29, 1.82) is 0 Å². The first-order valence-corrected chi connectivity index (χ1v) is 5.33. The molecule has 18 heavy (non-hydrogen) atoms. The lowest BCUT2D eigenvalue weighted by Gasteiger charge is -2.17. The number of carbonyl (C=O) groups excluding carboxylic acids is 1. The number of aryl methyl sites for hydroxylation is 2. The molecule has 1 rings (SSSR count). The predicted molar refractivity (Wildman–Crippen MR) is 63.3 cm³/mol. The van der Waals surface area contributed by atoms with Gasteiger partial charge in [-0.15, -0.1) is 0 Å². The molecule has 0 aliphatic heterocycles. The standard InChI is InChI=1S/C10H16N4O4/c1-4-7(5(2)14-13-4)11-10(18)12-8(6(3)15)9(16)17/h6,8,15H,1-3H3,(H,13,14)(H,16,17)(H2,11,12,18)/t6-,8+/m1/s1. The van der Waals surface area contributed by atoms with Gasteiger partial charge >= 0.3 is 12.0 Å². The van der Waals surface area contributed by atoms with E-state index in [4.69, 9.17) is 5.11 Å². The zero-order valence-corrected chi connectivity index (χ0v) is 10.3. The number of carbonyl (C=O) groups is 2. The van der Waals surface area contributed by atoms with Crippen molar-refractivity contribution in [1.82, 2.24) is 15.5 Å². The van der Waals surface area contributed by atoms with Crippen molar-refractivity contribution in [2.24, 2.45) is 0 Å². The average Bonchev–Trinajstić information content (AvgIpc) is 2.56. The zero-order valence-electron chi connectivity index (χ0n) is 10.3. The van der Waals surface area contributed by atoms with Crippen molar-refractivity contribution in [2.45, 2.75) is 32.9 Å². The molecule has 8 nitrogen and oxygen atoms in total. The molecule has 2 atom stereocenters. The van der Waals surface area contributed by atoms with E-state index >= 15 is 0 Å². The van der Waals surface area contributed by atoms with Gasteiger partial charge in [0.15, 0.2) is 6.04 Å². The molecule has 0 saturated carbocycles. The summed E-state index contributed by atoms with van der Waals surface area (Å²) in [6.07, 6.45) is -1.19. The van der Waals surface area contributed by atoms with Crippen LogP contribution in [-0.4, -0.2) is 44.6 Å². The Kier molecular flexibility index (Phi) is 4.27. The van der Waals surface area contributed by atoms with E-state index in [1.807, 2.05) is 0 Å². The summed E-state index contributed by atoms with van der Waals surface area (Å²) in [7, 11) is 0. The molecule has 2 amide bonds. The second-order valence-corrected chi connectivity index (χ2v) is 3.96. The number of aromatic nitrogens is 2. The summed E-state index contributed by atoms with van der Waals surface area (Å²) >= 11 is 0. The summed E-state index contributed by atoms with van der Waals surface area (Å²) < 4.78 is 0. The van der Waals surface area contributed by atoms with E-state index in [1.165, 1.54) is 6.92 Å². The van der Waals surface area contributed by atoms with E-state index in [2.05, 4.69) is 20.8 Å². The second-order valence-electron chi connectivity index (χ2n) is 3.96. The molecule has 0 spiro atoms. The van der Waals surface area contributed by atoms with Crippen molar-refractivity contribution in [3.8, 4) is 0 Å². The lowest BCUT2D eigenvalue weighted by atomic mass is 10.2. The molecule has 5 N–H and O–H groups in total. The quantitative estimate of drug-likeness (QED) is 0.517. The number of hydrogen-bond donors (Lipinski definition) is 5. The van der Waals surface area contributed by atoms with E-state index in [1.54, 1.807) is 13.8 Å². The van der Waals surface area contributed by atoms with Crippen LogP contribution < -0.4 is 10.6 Å². The van der Waals surface area contributed by atoms with Crippen LogP contribution in [0.1, 0.15) is 18.3 Å². The number of anilines is 1. The maximum Gasteiger partial charge on any atom is 0.328 e. The lowest BCUT2D eigenvalue weighted by molar-refractivity contribution is -0.141. The van der Waals surface area contributed by atoms with Crippen molar-refractivity contribution in [3.63, 3.8) is 0 Å². The number of carboxylic acids is 1. The molecule has 0 fully saturated rings. The number of carboxylic acid groups (broad SMARTS) is 1. The normalized spacial score (nSPS) is 13.8. The molecule has 1 heterocycles. The molecule has 100 valence electrons. The van der Waals surface area contributed by atoms with Gasteiger partial charge in [0.25, 0.3) is 0 Å². The van der Waals surface area contributed by atoms with Crippen molar-refractivity contribution in [3.05, 3.63) is 11.4 Å². The van der Waals surface area contributed by atoms with Gasteiger partial charge in [-0.1, -0.05) is 0 Å². The van der Waals surface area contributed by atoms with E-state index in [0.29, 0.717) is 17.1 Å². The second kappa shape index (κ2) is 5.50. The van der Waals surface area contributed by atoms with Gasteiger partial charge in [-0.25, -0.2) is 9.59 Å². The Bertz CT molecular complexity index is 435. The summed E-state index contributed by atoms with van der Waals surface area (Å²) in [6.45, 7) is 4.70. The number of amides is 2. The fourth-order valence-electron chi connectivity index (χ4n) is 1.41. The molecule has 0 saturated heterocycles. The molecule has 1 aromatic heterocycles. The maximum absolute atomic E-state index is 11.6. The lowest BCUT2D eigenvalue weighted by Crippen LogP contribution is -2.49. The third-order valence-electron chi connectivity index (χ3n) is 2.40. The number of nitrogens with one attached hydrogen (secondary N) is 3. The number of aliphatic hydroxyl groups excluding tert-OH is 1. The van der Waals surface area contributed by atoms with Crippen molar-refractivity contribution >= 4 is 17.7 Å². The molecular formula is C10H16N4O4. The van der Waals surface area contributed by atoms with Gasteiger partial charge in [0.2, 0.25) is 0 Å². The summed E-state index contributed by atoms with van der Waals surface area (Å²) in [5.41, 5.74) is 1.74. The number of aromatic amines is 1. The Morgan fingerprint density at radius 1 is 1.39 bits per heavy atom. The minimum Gasteiger partial charge on any atom is -0.480 e. The Balaban J connectivity index is 2.69. The van der Waals surface area contributed by atoms with Crippen LogP contribution in [0.25, 0.3) is 0 Å². The van der Waals surface area contributed by atoms with Crippen LogP contribution in [-0.2, 0) is 4.79 Å². The van der Waals surface area contributed by atoms with Gasteiger partial charge in [-0.3, -0.25) is 5.10 Å². The zero-order chi connectivity index (χ0) is 13.9. The summed E-state index contributed by atoms with van der Waals surface area (Å²) in [6, 6.07) is -2.08. The molecule has 0 radical (unpaired) electrons. The SMILES string of the molecule is Cc1n[nH]c(C)c1NC(=O)N[C@H](C(=O)O)[C@@H](C)O. The smallest absolute Gasteiger partial charge is 0.328 e. The summed E-state index contributed by atoms with van der Waals surface area (Å²) in [4.78, 5) is 22.4. The Hall–Kier alpha value is -2.09. The van der Waals surface area contributed by atoms with Crippen molar-refractivity contribution < 1.29 is 19.8 Å². The first-order valence-electron chi connectivity index (χ1n) is 5.33. The number of rotatable bonds is 4. The molecule has 0 aliphatic carbocycles. The van der Waals surface area contributed by atoms with Gasteiger partial charge in [0, 0.05) is 0 Å². The van der Waals surface area contributed by atoms with Crippen LogP contribution >= 0.6 is 0 Å². The predicted octanol–water partition coefficient (Wildman–Crippen LogP) is -0.0180. The Morgan fingerprint density at radius 3 is 2.39 bits per heavy atom. The topological polar surface area (TPSA) is 127 Å². The van der Waals surface area contributed by atoms with Crippen LogP contribution in [0.3, 0.4) is 0 Å².